The van der Waals surface area contributed by atoms with Crippen LogP contribution in [0, 0.1) is 0 Å². The van der Waals surface area contributed by atoms with Gasteiger partial charge in [0.15, 0.2) is 9.84 Å². The van der Waals surface area contributed by atoms with Gasteiger partial charge in [-0.15, -0.1) is 0 Å². The Kier molecular flexibility index (Phi) is 3.93. The number of halogens is 4. The van der Waals surface area contributed by atoms with Crippen molar-refractivity contribution in [1.29, 1.82) is 0 Å². The van der Waals surface area contributed by atoms with Crippen LogP contribution >= 0.6 is 11.6 Å². The minimum Gasteiger partial charge on any atom is -0.398 e. The van der Waals surface area contributed by atoms with Crippen LogP contribution in [0.1, 0.15) is 6.42 Å². The van der Waals surface area contributed by atoms with Gasteiger partial charge in [-0.05, 0) is 12.1 Å². The van der Waals surface area contributed by atoms with Crippen LogP contribution in [0.15, 0.2) is 23.1 Å². The number of sulfone groups is 1. The second-order valence-corrected chi connectivity index (χ2v) is 5.80. The average molecular weight is 288 g/mol. The Morgan fingerprint density at radius 3 is 2.35 bits per heavy atom. The van der Waals surface area contributed by atoms with Crippen molar-refractivity contribution < 1.29 is 21.6 Å². The van der Waals surface area contributed by atoms with E-state index in [4.69, 9.17) is 17.3 Å². The fraction of sp³-hybridized carbons (Fsp3) is 0.333. The molecule has 3 nitrogen and oxygen atoms in total. The van der Waals surface area contributed by atoms with Gasteiger partial charge < -0.3 is 5.73 Å². The van der Waals surface area contributed by atoms with E-state index < -0.39 is 33.1 Å². The summed E-state index contributed by atoms with van der Waals surface area (Å²) in [5, 5.41) is -0.174. The fourth-order valence-electron chi connectivity index (χ4n) is 1.21. The predicted octanol–water partition coefficient (Wildman–Crippen LogP) is 2.65. The molecular formula is C9H9ClF3NO2S. The molecule has 0 spiro atoms. The highest BCUT2D eigenvalue weighted by Gasteiger charge is 2.31. The Morgan fingerprint density at radius 1 is 1.29 bits per heavy atom. The number of hydrogen-bond acceptors (Lipinski definition) is 3. The molecule has 0 atom stereocenters. The minimum atomic E-state index is -4.54. The van der Waals surface area contributed by atoms with Crippen molar-refractivity contribution in [3.63, 3.8) is 0 Å². The lowest BCUT2D eigenvalue weighted by molar-refractivity contribution is -0.129. The molecule has 0 saturated carbocycles. The quantitative estimate of drug-likeness (QED) is 0.870. The number of nitrogens with two attached hydrogens (primary N) is 1. The Morgan fingerprint density at radius 2 is 1.88 bits per heavy atom. The van der Waals surface area contributed by atoms with E-state index >= 15 is 0 Å². The van der Waals surface area contributed by atoms with Crippen molar-refractivity contribution in [2.45, 2.75) is 17.5 Å². The molecule has 1 rings (SSSR count). The van der Waals surface area contributed by atoms with Crippen molar-refractivity contribution in [1.82, 2.24) is 0 Å². The topological polar surface area (TPSA) is 60.2 Å². The van der Waals surface area contributed by atoms with Crippen LogP contribution in [0.4, 0.5) is 18.9 Å². The van der Waals surface area contributed by atoms with Crippen molar-refractivity contribution in [2.24, 2.45) is 0 Å². The Labute approximate surface area is 101 Å². The molecule has 8 heteroatoms. The molecule has 0 heterocycles. The van der Waals surface area contributed by atoms with Gasteiger partial charge in [0.25, 0.3) is 0 Å². The molecule has 0 aromatic heterocycles. The van der Waals surface area contributed by atoms with Crippen molar-refractivity contribution in [2.75, 3.05) is 11.5 Å². The zero-order chi connectivity index (χ0) is 13.3. The summed E-state index contributed by atoms with van der Waals surface area (Å²) >= 11 is 5.62. The molecule has 1 aromatic rings. The van der Waals surface area contributed by atoms with Crippen molar-refractivity contribution >= 4 is 27.1 Å². The van der Waals surface area contributed by atoms with Gasteiger partial charge >= 0.3 is 6.18 Å². The highest BCUT2D eigenvalue weighted by atomic mass is 35.5. The van der Waals surface area contributed by atoms with Crippen LogP contribution in [-0.4, -0.2) is 20.3 Å². The molecule has 96 valence electrons. The molecule has 0 bridgehead atoms. The van der Waals surface area contributed by atoms with E-state index in [-0.39, 0.29) is 10.7 Å². The highest BCUT2D eigenvalue weighted by Crippen LogP contribution is 2.30. The Balaban J connectivity index is 3.06. The monoisotopic (exact) mass is 287 g/mol. The van der Waals surface area contributed by atoms with Crippen LogP contribution in [0.5, 0.6) is 0 Å². The summed E-state index contributed by atoms with van der Waals surface area (Å²) in [4.78, 5) is -0.439. The first-order chi connectivity index (χ1) is 7.63. The third-order valence-corrected chi connectivity index (χ3v) is 4.21. The normalized spacial score (nSPS) is 12.7. The van der Waals surface area contributed by atoms with Gasteiger partial charge in [0.2, 0.25) is 0 Å². The summed E-state index contributed by atoms with van der Waals surface area (Å²) in [5.74, 6) is -1.07. The molecule has 0 fully saturated rings. The van der Waals surface area contributed by atoms with E-state index in [1.807, 2.05) is 0 Å². The number of alkyl halides is 3. The first kappa shape index (κ1) is 14.1. The third-order valence-electron chi connectivity index (χ3n) is 1.96. The maximum atomic E-state index is 12.0. The smallest absolute Gasteiger partial charge is 0.390 e. The lowest BCUT2D eigenvalue weighted by Gasteiger charge is -2.10. The second-order valence-electron chi connectivity index (χ2n) is 3.34. The summed E-state index contributed by atoms with van der Waals surface area (Å²) in [6, 6.07) is 3.95. The molecule has 2 N–H and O–H groups in total. The molecule has 0 aliphatic heterocycles. The van der Waals surface area contributed by atoms with Gasteiger partial charge in [-0.2, -0.15) is 13.2 Å². The first-order valence-corrected chi connectivity index (χ1v) is 6.50. The lowest BCUT2D eigenvalue weighted by atomic mass is 10.3. The van der Waals surface area contributed by atoms with Gasteiger partial charge in [0, 0.05) is 0 Å². The van der Waals surface area contributed by atoms with E-state index in [0.717, 1.165) is 0 Å². The van der Waals surface area contributed by atoms with E-state index in [1.54, 1.807) is 0 Å². The van der Waals surface area contributed by atoms with Crippen LogP contribution in [0.2, 0.25) is 5.02 Å². The SMILES string of the molecule is Nc1cccc(Cl)c1S(=O)(=O)CCC(F)(F)F. The van der Waals surface area contributed by atoms with Crippen LogP contribution < -0.4 is 5.73 Å². The Bertz CT molecular complexity index is 493. The average Bonchev–Trinajstić information content (AvgIpc) is 2.13. The van der Waals surface area contributed by atoms with Gasteiger partial charge in [-0.3, -0.25) is 0 Å². The summed E-state index contributed by atoms with van der Waals surface area (Å²) < 4.78 is 59.2. The molecule has 1 aromatic carbocycles. The molecule has 0 aliphatic rings. The van der Waals surface area contributed by atoms with Gasteiger partial charge in [-0.1, -0.05) is 17.7 Å². The van der Waals surface area contributed by atoms with E-state index in [1.165, 1.54) is 18.2 Å². The maximum absolute atomic E-state index is 12.0. The summed E-state index contributed by atoms with van der Waals surface area (Å²) in [7, 11) is -4.13. The number of hydrogen-bond donors (Lipinski definition) is 1. The summed E-state index contributed by atoms with van der Waals surface area (Å²) in [5.41, 5.74) is 5.25. The van der Waals surface area contributed by atoms with Gasteiger partial charge in [-0.25, -0.2) is 8.42 Å². The molecule has 0 unspecified atom stereocenters. The predicted molar refractivity (Wildman–Crippen MR) is 58.6 cm³/mol. The number of nitrogen functional groups attached to an aromatic ring is 1. The van der Waals surface area contributed by atoms with E-state index in [9.17, 15) is 21.6 Å². The van der Waals surface area contributed by atoms with Gasteiger partial charge in [0.1, 0.15) is 4.90 Å². The van der Waals surface area contributed by atoms with E-state index in [0.29, 0.717) is 0 Å². The van der Waals surface area contributed by atoms with Gasteiger partial charge in [0.05, 0.1) is 22.9 Å². The van der Waals surface area contributed by atoms with Crippen LogP contribution in [-0.2, 0) is 9.84 Å². The molecule has 0 aliphatic carbocycles. The van der Waals surface area contributed by atoms with Crippen molar-refractivity contribution in [3.05, 3.63) is 23.2 Å². The highest BCUT2D eigenvalue weighted by molar-refractivity contribution is 7.91. The third kappa shape index (κ3) is 3.78. The zero-order valence-corrected chi connectivity index (χ0v) is 10.0. The van der Waals surface area contributed by atoms with E-state index in [2.05, 4.69) is 0 Å². The molecular weight excluding hydrogens is 279 g/mol. The molecule has 0 radical (unpaired) electrons. The zero-order valence-electron chi connectivity index (χ0n) is 8.46. The number of benzene rings is 1. The lowest BCUT2D eigenvalue weighted by Crippen LogP contribution is -2.17. The standard InChI is InChI=1S/C9H9ClF3NO2S/c10-6-2-1-3-7(14)8(6)17(15,16)5-4-9(11,12)13/h1-3H,4-5,14H2. The second kappa shape index (κ2) is 4.73. The Hall–Kier alpha value is -0.950. The molecule has 17 heavy (non-hydrogen) atoms. The first-order valence-electron chi connectivity index (χ1n) is 4.47. The molecule has 0 saturated heterocycles. The van der Waals surface area contributed by atoms with Crippen LogP contribution in [0.25, 0.3) is 0 Å². The molecule has 0 amide bonds. The van der Waals surface area contributed by atoms with Crippen molar-refractivity contribution in [3.8, 4) is 0 Å². The number of rotatable bonds is 3. The summed E-state index contributed by atoms with van der Waals surface area (Å²) in [6.07, 6.45) is -5.97. The number of anilines is 1. The maximum Gasteiger partial charge on any atom is 0.390 e. The van der Waals surface area contributed by atoms with Crippen LogP contribution in [0.3, 0.4) is 0 Å². The minimum absolute atomic E-state index is 0.153. The largest absolute Gasteiger partial charge is 0.398 e. The summed E-state index contributed by atoms with van der Waals surface area (Å²) in [6.45, 7) is 0. The fourth-order valence-corrected chi connectivity index (χ4v) is 3.24.